The van der Waals surface area contributed by atoms with E-state index in [2.05, 4.69) is 26.6 Å². The summed E-state index contributed by atoms with van der Waals surface area (Å²) in [5, 5.41) is 22.5. The second-order valence-corrected chi connectivity index (χ2v) is 12.7. The molecule has 0 saturated carbocycles. The average molecular weight is 672 g/mol. The molecule has 1 aromatic rings. The number of unbranched alkanes of at least 4 members (excludes halogenated alkanes) is 1. The number of aliphatic carboxylic acids is 1. The number of benzene rings is 1. The van der Waals surface area contributed by atoms with Gasteiger partial charge in [0, 0.05) is 19.4 Å². The summed E-state index contributed by atoms with van der Waals surface area (Å²) in [5.74, 6) is -5.07. The minimum atomic E-state index is -1.35. The quantitative estimate of drug-likeness (QED) is 0.148. The van der Waals surface area contributed by atoms with E-state index in [1.165, 1.54) is 4.90 Å². The molecule has 15 heteroatoms. The molecule has 264 valence electrons. The van der Waals surface area contributed by atoms with Crippen LogP contribution in [0.5, 0.6) is 0 Å². The van der Waals surface area contributed by atoms with E-state index in [0.717, 1.165) is 5.56 Å². The molecule has 15 nitrogen and oxygen atoms in total. The van der Waals surface area contributed by atoms with Gasteiger partial charge >= 0.3 is 5.97 Å². The first-order valence-corrected chi connectivity index (χ1v) is 16.6. The van der Waals surface area contributed by atoms with E-state index < -0.39 is 84.6 Å². The Labute approximate surface area is 280 Å². The van der Waals surface area contributed by atoms with Crippen molar-refractivity contribution in [2.45, 2.75) is 102 Å². The van der Waals surface area contributed by atoms with Crippen molar-refractivity contribution in [2.75, 3.05) is 19.6 Å². The molecule has 5 atom stereocenters. The van der Waals surface area contributed by atoms with Gasteiger partial charge in [0.2, 0.25) is 35.4 Å². The van der Waals surface area contributed by atoms with Crippen LogP contribution in [-0.2, 0) is 40.0 Å². The number of carbonyl (C=O) groups excluding carboxylic acids is 6. The van der Waals surface area contributed by atoms with Gasteiger partial charge in [-0.15, -0.1) is 0 Å². The number of fused-ring (bicyclic) bond motifs is 1. The van der Waals surface area contributed by atoms with E-state index in [-0.39, 0.29) is 38.1 Å². The van der Waals surface area contributed by atoms with Gasteiger partial charge in [-0.3, -0.25) is 33.6 Å². The molecule has 3 rings (SSSR count). The summed E-state index contributed by atoms with van der Waals surface area (Å²) in [5.41, 5.74) is 6.43. The fourth-order valence-corrected chi connectivity index (χ4v) is 5.90. The van der Waals surface area contributed by atoms with Crippen LogP contribution < -0.4 is 32.3 Å². The van der Waals surface area contributed by atoms with Gasteiger partial charge in [-0.25, -0.2) is 0 Å². The number of carboxylic acids is 1. The second-order valence-electron chi connectivity index (χ2n) is 12.7. The van der Waals surface area contributed by atoms with Gasteiger partial charge in [-0.2, -0.15) is 0 Å². The molecule has 0 unspecified atom stereocenters. The van der Waals surface area contributed by atoms with Crippen molar-refractivity contribution >= 4 is 41.4 Å². The Morgan fingerprint density at radius 2 is 1.48 bits per heavy atom. The average Bonchev–Trinajstić information content (AvgIpc) is 3.54. The lowest BCUT2D eigenvalue weighted by Crippen LogP contribution is -2.60. The van der Waals surface area contributed by atoms with Crippen LogP contribution in [0.15, 0.2) is 30.3 Å². The van der Waals surface area contributed by atoms with Crippen LogP contribution in [0.1, 0.15) is 70.8 Å². The molecule has 48 heavy (non-hydrogen) atoms. The molecule has 0 aromatic heterocycles. The number of amides is 6. The third-order valence-electron chi connectivity index (χ3n) is 8.38. The molecular weight excluding hydrogens is 622 g/mol. The van der Waals surface area contributed by atoms with Gasteiger partial charge in [-0.05, 0) is 63.0 Å². The molecule has 0 aliphatic carbocycles. The first-order chi connectivity index (χ1) is 22.9. The molecule has 8 N–H and O–H groups in total. The van der Waals surface area contributed by atoms with E-state index in [9.17, 15) is 38.7 Å². The first-order valence-electron chi connectivity index (χ1n) is 16.6. The number of nitrogens with one attached hydrogen (secondary N) is 5. The van der Waals surface area contributed by atoms with E-state index in [1.807, 2.05) is 19.9 Å². The molecule has 2 fully saturated rings. The number of hydrogen-bond acceptors (Lipinski definition) is 8. The van der Waals surface area contributed by atoms with Crippen LogP contribution in [-0.4, -0.2) is 101 Å². The highest BCUT2D eigenvalue weighted by Gasteiger charge is 2.39. The molecule has 0 radical (unpaired) electrons. The Balaban J connectivity index is 2.01. The maximum Gasteiger partial charge on any atom is 0.303 e. The Bertz CT molecular complexity index is 1310. The van der Waals surface area contributed by atoms with Crippen molar-refractivity contribution in [3.8, 4) is 0 Å². The Kier molecular flexibility index (Phi) is 14.8. The highest BCUT2D eigenvalue weighted by molar-refractivity contribution is 5.98. The molecule has 2 aliphatic rings. The van der Waals surface area contributed by atoms with Gasteiger partial charge < -0.3 is 42.3 Å². The highest BCUT2D eigenvalue weighted by Crippen LogP contribution is 2.20. The van der Waals surface area contributed by atoms with Crippen LogP contribution in [0.4, 0.5) is 0 Å². The summed E-state index contributed by atoms with van der Waals surface area (Å²) in [6.07, 6.45) is 1.61. The summed E-state index contributed by atoms with van der Waals surface area (Å²) >= 11 is 0. The van der Waals surface area contributed by atoms with Gasteiger partial charge in [0.15, 0.2) is 0 Å². The number of nitrogens with zero attached hydrogens (tertiary/aromatic N) is 1. The monoisotopic (exact) mass is 671 g/mol. The lowest BCUT2D eigenvalue weighted by Gasteiger charge is -2.31. The fourth-order valence-electron chi connectivity index (χ4n) is 5.90. The molecule has 2 aliphatic heterocycles. The van der Waals surface area contributed by atoms with Crippen LogP contribution in [0, 0.1) is 5.92 Å². The lowest BCUT2D eigenvalue weighted by atomic mass is 10.0. The van der Waals surface area contributed by atoms with E-state index in [4.69, 9.17) is 5.73 Å². The molecule has 0 bridgehead atoms. The fraction of sp³-hybridized carbons (Fsp3) is 0.606. The SMILES string of the molecule is CC(C)C[C@H]1NC(=O)CNC(=O)[C@H]2CCCN2C(=O)[C@@H](Cc2ccccc2)NC(=O)[C@@H](CCCCN)NC(=O)[C@@H](CCC(=O)O)NC1=O. The molecule has 0 spiro atoms. The molecule has 1 aromatic carbocycles. The van der Waals surface area contributed by atoms with Gasteiger partial charge in [-0.1, -0.05) is 44.2 Å². The third kappa shape index (κ3) is 11.6. The molecular formula is C33H49N7O8. The van der Waals surface area contributed by atoms with Crippen molar-refractivity contribution in [3.05, 3.63) is 35.9 Å². The Morgan fingerprint density at radius 1 is 0.854 bits per heavy atom. The summed E-state index contributed by atoms with van der Waals surface area (Å²) in [6, 6.07) is 3.46. The third-order valence-corrected chi connectivity index (χ3v) is 8.38. The predicted molar refractivity (Wildman–Crippen MR) is 175 cm³/mol. The van der Waals surface area contributed by atoms with Crippen LogP contribution in [0.2, 0.25) is 0 Å². The van der Waals surface area contributed by atoms with Crippen LogP contribution >= 0.6 is 0 Å². The molecule has 6 amide bonds. The highest BCUT2D eigenvalue weighted by atomic mass is 16.4. The number of hydrogen-bond donors (Lipinski definition) is 7. The number of carbonyl (C=O) groups is 7. The van der Waals surface area contributed by atoms with Crippen molar-refractivity contribution in [3.63, 3.8) is 0 Å². The van der Waals surface area contributed by atoms with Crippen LogP contribution in [0.25, 0.3) is 0 Å². The predicted octanol–water partition coefficient (Wildman–Crippen LogP) is -0.671. The Morgan fingerprint density at radius 3 is 2.10 bits per heavy atom. The van der Waals surface area contributed by atoms with Crippen molar-refractivity contribution < 1.29 is 38.7 Å². The maximum atomic E-state index is 14.0. The number of nitrogens with two attached hydrogens (primary N) is 1. The van der Waals surface area contributed by atoms with E-state index >= 15 is 0 Å². The minimum Gasteiger partial charge on any atom is -0.481 e. The summed E-state index contributed by atoms with van der Waals surface area (Å²) in [7, 11) is 0. The zero-order valence-corrected chi connectivity index (χ0v) is 27.7. The van der Waals surface area contributed by atoms with Crippen molar-refractivity contribution in [1.82, 2.24) is 31.5 Å². The number of rotatable bonds is 11. The zero-order valence-electron chi connectivity index (χ0n) is 27.7. The largest absolute Gasteiger partial charge is 0.481 e. The normalized spacial score (nSPS) is 24.8. The van der Waals surface area contributed by atoms with Gasteiger partial charge in [0.1, 0.15) is 30.2 Å². The molecule has 2 saturated heterocycles. The summed E-state index contributed by atoms with van der Waals surface area (Å²) < 4.78 is 0. The smallest absolute Gasteiger partial charge is 0.303 e. The lowest BCUT2D eigenvalue weighted by molar-refractivity contribution is -0.142. The molecule has 2 heterocycles. The minimum absolute atomic E-state index is 0.0580. The second kappa shape index (κ2) is 18.7. The van der Waals surface area contributed by atoms with Gasteiger partial charge in [0.05, 0.1) is 6.54 Å². The standard InChI is InChI=1S/C33H49N7O8/c1-20(2)17-24-31(46)38-23(13-14-28(42)43)30(45)37-22(11-6-7-15-34)29(44)39-25(18-21-9-4-3-5-10-21)33(48)40-16-8-12-26(40)32(47)35-19-27(41)36-24/h3-5,9-10,20,22-26H,6-8,11-19,34H2,1-2H3,(H,35,47)(H,36,41)(H,37,45)(H,38,46)(H,39,44)(H,42,43)/t22-,23-,24-,25-,26-/m1/s1. The van der Waals surface area contributed by atoms with E-state index in [0.29, 0.717) is 32.2 Å². The maximum absolute atomic E-state index is 14.0. The zero-order chi connectivity index (χ0) is 35.2. The van der Waals surface area contributed by atoms with Crippen molar-refractivity contribution in [1.29, 1.82) is 0 Å². The number of carboxylic acid groups (broad SMARTS) is 1. The summed E-state index contributed by atoms with van der Waals surface area (Å²) in [4.78, 5) is 94.0. The summed E-state index contributed by atoms with van der Waals surface area (Å²) in [6.45, 7) is 3.82. The topological polar surface area (TPSA) is 229 Å². The van der Waals surface area contributed by atoms with Gasteiger partial charge in [0.25, 0.3) is 0 Å². The van der Waals surface area contributed by atoms with Crippen molar-refractivity contribution in [2.24, 2.45) is 11.7 Å². The van der Waals surface area contributed by atoms with E-state index in [1.54, 1.807) is 24.3 Å². The Hall–Kier alpha value is -4.53. The van der Waals surface area contributed by atoms with Crippen LogP contribution in [0.3, 0.4) is 0 Å². The first kappa shape index (κ1) is 37.9.